The second kappa shape index (κ2) is 4.07. The van der Waals surface area contributed by atoms with Crippen molar-refractivity contribution in [3.05, 3.63) is 54.1 Å². The molecule has 72 valence electrons. The number of hydrogen-bond donors (Lipinski definition) is 2. The van der Waals surface area contributed by atoms with Crippen molar-refractivity contribution in [3.63, 3.8) is 0 Å². The van der Waals surface area contributed by atoms with Crippen LogP contribution in [-0.2, 0) is 6.42 Å². The number of H-pyrrole nitrogens is 1. The summed E-state index contributed by atoms with van der Waals surface area (Å²) in [5, 5.41) is 9.84. The maximum absolute atomic E-state index is 9.84. The minimum Gasteiger partial charge on any atom is -0.388 e. The zero-order chi connectivity index (χ0) is 9.80. The van der Waals surface area contributed by atoms with Gasteiger partial charge >= 0.3 is 0 Å². The van der Waals surface area contributed by atoms with Crippen LogP contribution in [0.15, 0.2) is 42.9 Å². The van der Waals surface area contributed by atoms with Crippen LogP contribution in [0.5, 0.6) is 0 Å². The maximum Gasteiger partial charge on any atom is 0.0921 e. The summed E-state index contributed by atoms with van der Waals surface area (Å²) in [6.45, 7) is 0. The molecule has 2 rings (SSSR count). The molecule has 0 fully saturated rings. The zero-order valence-electron chi connectivity index (χ0n) is 7.72. The first kappa shape index (κ1) is 8.97. The average molecular weight is 188 g/mol. The normalized spacial score (nSPS) is 12.6. The van der Waals surface area contributed by atoms with E-state index >= 15 is 0 Å². The predicted molar refractivity (Wildman–Crippen MR) is 53.7 cm³/mol. The Morgan fingerprint density at radius 3 is 2.71 bits per heavy atom. The van der Waals surface area contributed by atoms with Crippen molar-refractivity contribution in [3.8, 4) is 0 Å². The number of aromatic amines is 1. The molecule has 3 heteroatoms. The highest BCUT2D eigenvalue weighted by Crippen LogP contribution is 2.15. The summed E-state index contributed by atoms with van der Waals surface area (Å²) in [4.78, 5) is 6.87. The van der Waals surface area contributed by atoms with E-state index < -0.39 is 6.10 Å². The smallest absolute Gasteiger partial charge is 0.0921 e. The molecule has 2 aromatic rings. The van der Waals surface area contributed by atoms with Gasteiger partial charge in [0.2, 0.25) is 0 Å². The van der Waals surface area contributed by atoms with Gasteiger partial charge in [-0.15, -0.1) is 0 Å². The van der Waals surface area contributed by atoms with E-state index in [0.29, 0.717) is 6.42 Å². The van der Waals surface area contributed by atoms with Crippen LogP contribution in [0.25, 0.3) is 0 Å². The standard InChI is InChI=1S/C11H12N2O/c14-11(6-10-7-12-8-13-10)9-4-2-1-3-5-9/h1-5,7-8,11,14H,6H2,(H,12,13). The molecule has 2 N–H and O–H groups in total. The van der Waals surface area contributed by atoms with Gasteiger partial charge in [0, 0.05) is 18.3 Å². The van der Waals surface area contributed by atoms with E-state index in [1.165, 1.54) is 0 Å². The van der Waals surface area contributed by atoms with E-state index in [9.17, 15) is 5.11 Å². The lowest BCUT2D eigenvalue weighted by Gasteiger charge is -2.08. The fourth-order valence-electron chi connectivity index (χ4n) is 1.40. The molecule has 0 amide bonds. The molecule has 1 heterocycles. The molecule has 1 aromatic carbocycles. The highest BCUT2D eigenvalue weighted by Gasteiger charge is 2.07. The molecule has 1 aromatic heterocycles. The third-order valence-corrected chi connectivity index (χ3v) is 2.15. The Morgan fingerprint density at radius 1 is 1.29 bits per heavy atom. The van der Waals surface area contributed by atoms with Crippen LogP contribution in [0.1, 0.15) is 17.4 Å². The molecule has 0 aliphatic rings. The number of aliphatic hydroxyl groups is 1. The summed E-state index contributed by atoms with van der Waals surface area (Å²) in [5.41, 5.74) is 1.88. The summed E-state index contributed by atoms with van der Waals surface area (Å²) in [6.07, 6.45) is 3.46. The SMILES string of the molecule is OC(Cc1cnc[nH]1)c1ccccc1. The van der Waals surface area contributed by atoms with Gasteiger partial charge in [0.15, 0.2) is 0 Å². The summed E-state index contributed by atoms with van der Waals surface area (Å²) in [5.74, 6) is 0. The molecule has 0 saturated carbocycles. The third-order valence-electron chi connectivity index (χ3n) is 2.15. The number of rotatable bonds is 3. The second-order valence-electron chi connectivity index (χ2n) is 3.21. The van der Waals surface area contributed by atoms with E-state index in [-0.39, 0.29) is 0 Å². The number of hydrogen-bond acceptors (Lipinski definition) is 2. The molecule has 1 unspecified atom stereocenters. The molecular formula is C11H12N2O. The van der Waals surface area contributed by atoms with Crippen LogP contribution in [0.4, 0.5) is 0 Å². The van der Waals surface area contributed by atoms with Crippen molar-refractivity contribution >= 4 is 0 Å². The Bertz CT molecular complexity index is 369. The molecule has 3 nitrogen and oxygen atoms in total. The van der Waals surface area contributed by atoms with Crippen molar-refractivity contribution in [2.24, 2.45) is 0 Å². The fraction of sp³-hybridized carbons (Fsp3) is 0.182. The predicted octanol–water partition coefficient (Wildman–Crippen LogP) is 1.69. The molecule has 0 radical (unpaired) electrons. The average Bonchev–Trinajstić information content (AvgIpc) is 2.72. The van der Waals surface area contributed by atoms with Crippen LogP contribution in [-0.4, -0.2) is 15.1 Å². The zero-order valence-corrected chi connectivity index (χ0v) is 7.72. The summed E-state index contributed by atoms with van der Waals surface area (Å²) in [7, 11) is 0. The van der Waals surface area contributed by atoms with Gasteiger partial charge in [0.1, 0.15) is 0 Å². The molecule has 14 heavy (non-hydrogen) atoms. The van der Waals surface area contributed by atoms with Gasteiger partial charge in [0.25, 0.3) is 0 Å². The maximum atomic E-state index is 9.84. The fourth-order valence-corrected chi connectivity index (χ4v) is 1.40. The van der Waals surface area contributed by atoms with Crippen LogP contribution in [0, 0.1) is 0 Å². The Labute approximate surface area is 82.4 Å². The lowest BCUT2D eigenvalue weighted by atomic mass is 10.1. The molecule has 0 aliphatic carbocycles. The van der Waals surface area contributed by atoms with Crippen molar-refractivity contribution in [2.45, 2.75) is 12.5 Å². The van der Waals surface area contributed by atoms with Gasteiger partial charge in [-0.2, -0.15) is 0 Å². The van der Waals surface area contributed by atoms with Crippen molar-refractivity contribution in [2.75, 3.05) is 0 Å². The van der Waals surface area contributed by atoms with Gasteiger partial charge in [0.05, 0.1) is 12.4 Å². The van der Waals surface area contributed by atoms with E-state index in [1.54, 1.807) is 12.5 Å². The number of nitrogens with one attached hydrogen (secondary N) is 1. The Hall–Kier alpha value is -1.61. The summed E-state index contributed by atoms with van der Waals surface area (Å²) < 4.78 is 0. The first-order chi connectivity index (χ1) is 6.86. The molecule has 0 saturated heterocycles. The molecule has 0 bridgehead atoms. The molecule has 0 spiro atoms. The quantitative estimate of drug-likeness (QED) is 0.770. The van der Waals surface area contributed by atoms with Gasteiger partial charge in [-0.25, -0.2) is 4.98 Å². The highest BCUT2D eigenvalue weighted by molar-refractivity contribution is 5.18. The van der Waals surface area contributed by atoms with E-state index in [4.69, 9.17) is 0 Å². The third kappa shape index (κ3) is 2.00. The van der Waals surface area contributed by atoms with Crippen LogP contribution in [0.3, 0.4) is 0 Å². The first-order valence-electron chi connectivity index (χ1n) is 4.56. The van der Waals surface area contributed by atoms with Crippen LogP contribution >= 0.6 is 0 Å². The highest BCUT2D eigenvalue weighted by atomic mass is 16.3. The molecular weight excluding hydrogens is 176 g/mol. The number of aromatic nitrogens is 2. The number of benzene rings is 1. The van der Waals surface area contributed by atoms with E-state index in [0.717, 1.165) is 11.3 Å². The minimum absolute atomic E-state index is 0.461. The Morgan fingerprint density at radius 2 is 2.07 bits per heavy atom. The monoisotopic (exact) mass is 188 g/mol. The van der Waals surface area contributed by atoms with Gasteiger partial charge < -0.3 is 10.1 Å². The van der Waals surface area contributed by atoms with Crippen molar-refractivity contribution in [1.82, 2.24) is 9.97 Å². The van der Waals surface area contributed by atoms with Crippen LogP contribution < -0.4 is 0 Å². The summed E-state index contributed by atoms with van der Waals surface area (Å²) in [6, 6.07) is 9.62. The minimum atomic E-state index is -0.461. The topological polar surface area (TPSA) is 48.9 Å². The van der Waals surface area contributed by atoms with Crippen LogP contribution in [0.2, 0.25) is 0 Å². The first-order valence-corrected chi connectivity index (χ1v) is 4.56. The Balaban J connectivity index is 2.07. The van der Waals surface area contributed by atoms with Gasteiger partial charge in [-0.1, -0.05) is 30.3 Å². The Kier molecular flexibility index (Phi) is 2.60. The number of nitrogens with zero attached hydrogens (tertiary/aromatic N) is 1. The summed E-state index contributed by atoms with van der Waals surface area (Å²) >= 11 is 0. The number of aliphatic hydroxyl groups excluding tert-OH is 1. The molecule has 0 aliphatic heterocycles. The van der Waals surface area contributed by atoms with Crippen molar-refractivity contribution in [1.29, 1.82) is 0 Å². The lowest BCUT2D eigenvalue weighted by molar-refractivity contribution is 0.177. The largest absolute Gasteiger partial charge is 0.388 e. The van der Waals surface area contributed by atoms with E-state index in [2.05, 4.69) is 9.97 Å². The number of imidazole rings is 1. The molecule has 1 atom stereocenters. The van der Waals surface area contributed by atoms with Gasteiger partial charge in [-0.3, -0.25) is 0 Å². The van der Waals surface area contributed by atoms with Crippen molar-refractivity contribution < 1.29 is 5.11 Å². The van der Waals surface area contributed by atoms with E-state index in [1.807, 2.05) is 30.3 Å². The lowest BCUT2D eigenvalue weighted by Crippen LogP contribution is -2.01. The van der Waals surface area contributed by atoms with Gasteiger partial charge in [-0.05, 0) is 5.56 Å². The second-order valence-corrected chi connectivity index (χ2v) is 3.21.